The van der Waals surface area contributed by atoms with Crippen molar-refractivity contribution in [2.75, 3.05) is 4.72 Å². The number of ether oxygens (including phenoxy) is 1. The molecule has 0 fully saturated rings. The molecule has 3 aromatic carbocycles. The number of nitrogens with one attached hydrogen (secondary N) is 1. The van der Waals surface area contributed by atoms with Crippen LogP contribution in [0.2, 0.25) is 0 Å². The molecule has 0 aliphatic rings. The normalized spacial score (nSPS) is 11.0. The molecule has 0 heterocycles. The molecule has 0 spiro atoms. The minimum atomic E-state index is -3.58. The van der Waals surface area contributed by atoms with Crippen LogP contribution in [0.1, 0.15) is 0 Å². The molecular weight excluding hydrogens is 310 g/mol. The Hall–Kier alpha value is -2.79. The quantitative estimate of drug-likeness (QED) is 0.762. The van der Waals surface area contributed by atoms with Crippen LogP contribution < -0.4 is 9.46 Å². The number of benzene rings is 3. The molecule has 23 heavy (non-hydrogen) atoms. The largest absolute Gasteiger partial charge is 0.457 e. The third-order valence-electron chi connectivity index (χ3n) is 3.14. The first kappa shape index (κ1) is 15.1. The zero-order chi connectivity index (χ0) is 16.1. The maximum atomic E-state index is 12.2. The molecule has 0 atom stereocenters. The highest BCUT2D eigenvalue weighted by Crippen LogP contribution is 2.23. The molecule has 0 radical (unpaired) electrons. The van der Waals surface area contributed by atoms with E-state index in [0.717, 1.165) is 5.75 Å². The predicted molar refractivity (Wildman–Crippen MR) is 90.2 cm³/mol. The zero-order valence-corrected chi connectivity index (χ0v) is 13.0. The standard InChI is InChI=1S/C18H15NO3S/c20-23(21,18-9-5-2-6-10-18)19-15-11-13-17(14-12-15)22-16-7-3-1-4-8-16/h1-14,19H. The second kappa shape index (κ2) is 6.54. The third-order valence-corrected chi connectivity index (χ3v) is 4.54. The van der Waals surface area contributed by atoms with E-state index in [-0.39, 0.29) is 4.90 Å². The Morgan fingerprint density at radius 3 is 1.78 bits per heavy atom. The van der Waals surface area contributed by atoms with Crippen molar-refractivity contribution in [3.63, 3.8) is 0 Å². The van der Waals surface area contributed by atoms with Gasteiger partial charge in [0.05, 0.1) is 4.90 Å². The van der Waals surface area contributed by atoms with Gasteiger partial charge in [-0.2, -0.15) is 0 Å². The van der Waals surface area contributed by atoms with Gasteiger partial charge in [-0.3, -0.25) is 4.72 Å². The van der Waals surface area contributed by atoms with Gasteiger partial charge in [0.2, 0.25) is 0 Å². The molecule has 0 saturated carbocycles. The molecule has 0 aromatic heterocycles. The summed E-state index contributed by atoms with van der Waals surface area (Å²) in [4.78, 5) is 0.226. The summed E-state index contributed by atoms with van der Waals surface area (Å²) in [6, 6.07) is 24.4. The van der Waals surface area contributed by atoms with E-state index in [1.54, 1.807) is 54.6 Å². The second-order valence-corrected chi connectivity index (χ2v) is 6.54. The number of para-hydroxylation sites is 1. The van der Waals surface area contributed by atoms with Gasteiger partial charge < -0.3 is 4.74 Å². The van der Waals surface area contributed by atoms with Gasteiger partial charge in [-0.05, 0) is 48.5 Å². The fraction of sp³-hybridized carbons (Fsp3) is 0. The molecule has 4 nitrogen and oxygen atoms in total. The summed E-state index contributed by atoms with van der Waals surface area (Å²) in [6.07, 6.45) is 0. The first-order valence-electron chi connectivity index (χ1n) is 7.04. The second-order valence-electron chi connectivity index (χ2n) is 4.86. The van der Waals surface area contributed by atoms with E-state index in [1.165, 1.54) is 0 Å². The Morgan fingerprint density at radius 1 is 0.652 bits per heavy atom. The van der Waals surface area contributed by atoms with Gasteiger partial charge in [0, 0.05) is 5.69 Å². The van der Waals surface area contributed by atoms with Crippen molar-refractivity contribution < 1.29 is 13.2 Å². The SMILES string of the molecule is O=S(=O)(Nc1ccc(Oc2ccccc2)cc1)c1ccccc1. The van der Waals surface area contributed by atoms with Crippen LogP contribution in [0, 0.1) is 0 Å². The number of sulfonamides is 1. The molecular formula is C18H15NO3S. The van der Waals surface area contributed by atoms with Gasteiger partial charge in [0.25, 0.3) is 10.0 Å². The lowest BCUT2D eigenvalue weighted by Crippen LogP contribution is -2.12. The molecule has 116 valence electrons. The van der Waals surface area contributed by atoms with Gasteiger partial charge in [-0.1, -0.05) is 36.4 Å². The average Bonchev–Trinajstić information content (AvgIpc) is 2.58. The van der Waals surface area contributed by atoms with Crippen molar-refractivity contribution >= 4 is 15.7 Å². The van der Waals surface area contributed by atoms with Gasteiger partial charge in [-0.15, -0.1) is 0 Å². The van der Waals surface area contributed by atoms with Gasteiger partial charge >= 0.3 is 0 Å². The lowest BCUT2D eigenvalue weighted by atomic mass is 10.3. The summed E-state index contributed by atoms with van der Waals surface area (Å²) in [6.45, 7) is 0. The highest BCUT2D eigenvalue weighted by Gasteiger charge is 2.13. The van der Waals surface area contributed by atoms with Crippen LogP contribution in [0.5, 0.6) is 11.5 Å². The molecule has 0 bridgehead atoms. The topological polar surface area (TPSA) is 55.4 Å². The van der Waals surface area contributed by atoms with Gasteiger partial charge in [0.1, 0.15) is 11.5 Å². The van der Waals surface area contributed by atoms with Crippen LogP contribution >= 0.6 is 0 Å². The summed E-state index contributed by atoms with van der Waals surface area (Å²) in [5, 5.41) is 0. The molecule has 0 amide bonds. The molecule has 3 rings (SSSR count). The van der Waals surface area contributed by atoms with Crippen molar-refractivity contribution in [1.29, 1.82) is 0 Å². The number of hydrogen-bond acceptors (Lipinski definition) is 3. The minimum absolute atomic E-state index is 0.226. The van der Waals surface area contributed by atoms with Crippen molar-refractivity contribution in [3.8, 4) is 11.5 Å². The maximum absolute atomic E-state index is 12.2. The fourth-order valence-electron chi connectivity index (χ4n) is 2.03. The molecule has 0 aliphatic carbocycles. The Morgan fingerprint density at radius 2 is 1.17 bits per heavy atom. The lowest BCUT2D eigenvalue weighted by Gasteiger charge is -2.09. The van der Waals surface area contributed by atoms with E-state index in [4.69, 9.17) is 4.74 Å². The first-order chi connectivity index (χ1) is 11.1. The maximum Gasteiger partial charge on any atom is 0.261 e. The van der Waals surface area contributed by atoms with Crippen LogP contribution in [0.4, 0.5) is 5.69 Å². The van der Waals surface area contributed by atoms with Crippen LogP contribution in [-0.4, -0.2) is 8.42 Å². The molecule has 0 unspecified atom stereocenters. The average molecular weight is 325 g/mol. The molecule has 5 heteroatoms. The molecule has 3 aromatic rings. The van der Waals surface area contributed by atoms with Crippen LogP contribution in [0.3, 0.4) is 0 Å². The van der Waals surface area contributed by atoms with E-state index in [0.29, 0.717) is 11.4 Å². The Balaban J connectivity index is 1.73. The smallest absolute Gasteiger partial charge is 0.261 e. The van der Waals surface area contributed by atoms with Crippen LogP contribution in [0.15, 0.2) is 89.8 Å². The number of hydrogen-bond donors (Lipinski definition) is 1. The summed E-state index contributed by atoms with van der Waals surface area (Å²) < 4.78 is 32.7. The van der Waals surface area contributed by atoms with E-state index < -0.39 is 10.0 Å². The summed E-state index contributed by atoms with van der Waals surface area (Å²) in [5.74, 6) is 1.36. The molecule has 1 N–H and O–H groups in total. The first-order valence-corrected chi connectivity index (χ1v) is 8.53. The van der Waals surface area contributed by atoms with Gasteiger partial charge in [-0.25, -0.2) is 8.42 Å². The Kier molecular flexibility index (Phi) is 4.30. The van der Waals surface area contributed by atoms with Crippen molar-refractivity contribution in [1.82, 2.24) is 0 Å². The van der Waals surface area contributed by atoms with Crippen molar-refractivity contribution in [2.45, 2.75) is 4.90 Å². The van der Waals surface area contributed by atoms with E-state index in [1.807, 2.05) is 30.3 Å². The van der Waals surface area contributed by atoms with Gasteiger partial charge in [0.15, 0.2) is 0 Å². The Bertz CT molecular complexity index is 861. The summed E-state index contributed by atoms with van der Waals surface area (Å²) in [5.41, 5.74) is 0.481. The zero-order valence-electron chi connectivity index (χ0n) is 12.2. The van der Waals surface area contributed by atoms with E-state index >= 15 is 0 Å². The fourth-order valence-corrected chi connectivity index (χ4v) is 3.11. The highest BCUT2D eigenvalue weighted by molar-refractivity contribution is 7.92. The minimum Gasteiger partial charge on any atom is -0.457 e. The van der Waals surface area contributed by atoms with Crippen molar-refractivity contribution in [3.05, 3.63) is 84.9 Å². The van der Waals surface area contributed by atoms with Crippen molar-refractivity contribution in [2.24, 2.45) is 0 Å². The number of rotatable bonds is 5. The van der Waals surface area contributed by atoms with Crippen LogP contribution in [-0.2, 0) is 10.0 Å². The highest BCUT2D eigenvalue weighted by atomic mass is 32.2. The molecule has 0 saturated heterocycles. The van der Waals surface area contributed by atoms with Crippen LogP contribution in [0.25, 0.3) is 0 Å². The summed E-state index contributed by atoms with van der Waals surface area (Å²) >= 11 is 0. The predicted octanol–water partition coefficient (Wildman–Crippen LogP) is 4.28. The van der Waals surface area contributed by atoms with E-state index in [2.05, 4.69) is 4.72 Å². The lowest BCUT2D eigenvalue weighted by molar-refractivity contribution is 0.483. The Labute approximate surface area is 135 Å². The third kappa shape index (κ3) is 3.90. The van der Waals surface area contributed by atoms with E-state index in [9.17, 15) is 8.42 Å². The molecule has 0 aliphatic heterocycles. The summed E-state index contributed by atoms with van der Waals surface area (Å²) in [7, 11) is -3.58. The number of anilines is 1. The monoisotopic (exact) mass is 325 g/mol.